The van der Waals surface area contributed by atoms with Crippen LogP contribution in [0.1, 0.15) is 73.1 Å². The molecule has 1 N–H and O–H groups in total. The molecule has 0 aromatic heterocycles. The number of nitrogens with zero attached hydrogens (tertiary/aromatic N) is 1. The number of carboxylic acid groups (broad SMARTS) is 1. The summed E-state index contributed by atoms with van der Waals surface area (Å²) in [5, 5.41) is 9.40. The number of aliphatic imine (C=N–C) groups is 1. The zero-order valence-corrected chi connectivity index (χ0v) is 16.3. The Hall–Kier alpha value is -2.42. The van der Waals surface area contributed by atoms with Crippen molar-refractivity contribution < 1.29 is 9.90 Å². The molecular weight excluding hydrogens is 322 g/mol. The number of fused-ring (bicyclic) bond motifs is 1. The van der Waals surface area contributed by atoms with Gasteiger partial charge in [-0.15, -0.1) is 0 Å². The van der Waals surface area contributed by atoms with Gasteiger partial charge in [0.25, 0.3) is 0 Å². The van der Waals surface area contributed by atoms with Crippen molar-refractivity contribution in [2.45, 2.75) is 58.3 Å². The highest BCUT2D eigenvalue weighted by molar-refractivity contribution is 5.96. The van der Waals surface area contributed by atoms with Gasteiger partial charge in [0, 0.05) is 6.21 Å². The number of para-hydroxylation sites is 1. The van der Waals surface area contributed by atoms with E-state index in [2.05, 4.69) is 50.9 Å². The average molecular weight is 349 g/mol. The summed E-state index contributed by atoms with van der Waals surface area (Å²) in [5.74, 6) is -0.949. The third kappa shape index (κ3) is 3.07. The third-order valence-corrected chi connectivity index (χ3v) is 5.85. The Labute approximate surface area is 155 Å². The lowest BCUT2D eigenvalue weighted by Crippen LogP contribution is -2.20. The van der Waals surface area contributed by atoms with Gasteiger partial charge in [0.15, 0.2) is 0 Å². The first-order chi connectivity index (χ1) is 12.2. The SMILES string of the molecule is CCC1(C)CC(C)(C)c2ccc(C=Nc3c(C)cccc3C(=O)O)cc21. The summed E-state index contributed by atoms with van der Waals surface area (Å²) in [4.78, 5) is 16.0. The van der Waals surface area contributed by atoms with E-state index in [1.54, 1.807) is 18.3 Å². The van der Waals surface area contributed by atoms with E-state index in [4.69, 9.17) is 0 Å². The van der Waals surface area contributed by atoms with Gasteiger partial charge in [0.1, 0.15) is 0 Å². The monoisotopic (exact) mass is 349 g/mol. The van der Waals surface area contributed by atoms with Crippen LogP contribution in [-0.4, -0.2) is 17.3 Å². The standard InChI is InChI=1S/C23H27NO2/c1-6-23(5)14-22(3,4)18-11-10-16(12-19(18)23)13-24-20-15(2)8-7-9-17(20)21(25)26/h7-13H,6,14H2,1-5H3,(H,25,26). The van der Waals surface area contributed by atoms with Crippen molar-refractivity contribution in [3.8, 4) is 0 Å². The lowest BCUT2D eigenvalue weighted by atomic mass is 9.78. The van der Waals surface area contributed by atoms with Crippen LogP contribution in [0.15, 0.2) is 41.4 Å². The molecule has 1 aliphatic carbocycles. The van der Waals surface area contributed by atoms with Crippen molar-refractivity contribution in [1.82, 2.24) is 0 Å². The van der Waals surface area contributed by atoms with Gasteiger partial charge in [-0.1, -0.05) is 52.0 Å². The van der Waals surface area contributed by atoms with Crippen LogP contribution in [0.3, 0.4) is 0 Å². The Bertz CT molecular complexity index is 895. The Kier molecular flexibility index (Phi) is 4.51. The number of hydrogen-bond acceptors (Lipinski definition) is 2. The second-order valence-corrected chi connectivity index (χ2v) is 8.31. The normalized spacial score (nSPS) is 21.1. The molecule has 3 rings (SSSR count). The summed E-state index contributed by atoms with van der Waals surface area (Å²) in [6, 6.07) is 11.8. The zero-order chi connectivity index (χ0) is 19.1. The Balaban J connectivity index is 2.03. The topological polar surface area (TPSA) is 49.7 Å². The van der Waals surface area contributed by atoms with Crippen molar-refractivity contribution in [3.63, 3.8) is 0 Å². The van der Waals surface area contributed by atoms with Gasteiger partial charge >= 0.3 is 5.97 Å². The van der Waals surface area contributed by atoms with Gasteiger partial charge in [0.05, 0.1) is 11.3 Å². The first-order valence-electron chi connectivity index (χ1n) is 9.20. The Morgan fingerprint density at radius 2 is 1.92 bits per heavy atom. The fraction of sp³-hybridized carbons (Fsp3) is 0.391. The lowest BCUT2D eigenvalue weighted by Gasteiger charge is -2.26. The van der Waals surface area contributed by atoms with Crippen LogP contribution in [0, 0.1) is 6.92 Å². The molecule has 0 saturated carbocycles. The van der Waals surface area contributed by atoms with E-state index in [0.29, 0.717) is 5.69 Å². The quantitative estimate of drug-likeness (QED) is 0.710. The molecular formula is C23H27NO2. The predicted octanol–water partition coefficient (Wildman–Crippen LogP) is 5.79. The summed E-state index contributed by atoms with van der Waals surface area (Å²) >= 11 is 0. The van der Waals surface area contributed by atoms with Crippen LogP contribution in [0.25, 0.3) is 0 Å². The molecule has 1 atom stereocenters. The van der Waals surface area contributed by atoms with E-state index in [9.17, 15) is 9.90 Å². The van der Waals surface area contributed by atoms with Crippen LogP contribution in [0.2, 0.25) is 0 Å². The van der Waals surface area contributed by atoms with Gasteiger partial charge in [-0.2, -0.15) is 0 Å². The maximum atomic E-state index is 11.5. The summed E-state index contributed by atoms with van der Waals surface area (Å²) in [5.41, 5.74) is 5.82. The highest BCUT2D eigenvalue weighted by Gasteiger charge is 2.43. The van der Waals surface area contributed by atoms with E-state index in [-0.39, 0.29) is 16.4 Å². The summed E-state index contributed by atoms with van der Waals surface area (Å²) in [7, 11) is 0. The van der Waals surface area contributed by atoms with Crippen LogP contribution >= 0.6 is 0 Å². The number of carboxylic acids is 1. The van der Waals surface area contributed by atoms with Crippen LogP contribution in [0.5, 0.6) is 0 Å². The molecule has 3 nitrogen and oxygen atoms in total. The molecule has 26 heavy (non-hydrogen) atoms. The average Bonchev–Trinajstić information content (AvgIpc) is 2.80. The van der Waals surface area contributed by atoms with E-state index in [0.717, 1.165) is 24.0 Å². The van der Waals surface area contributed by atoms with Crippen LogP contribution in [-0.2, 0) is 10.8 Å². The smallest absolute Gasteiger partial charge is 0.337 e. The molecule has 0 saturated heterocycles. The fourth-order valence-electron chi connectivity index (χ4n) is 4.35. The van der Waals surface area contributed by atoms with E-state index in [1.807, 2.05) is 13.0 Å². The summed E-state index contributed by atoms with van der Waals surface area (Å²) in [6.07, 6.45) is 4.04. The van der Waals surface area contributed by atoms with Gasteiger partial charge in [-0.3, -0.25) is 4.99 Å². The van der Waals surface area contributed by atoms with Gasteiger partial charge in [-0.05, 0) is 65.0 Å². The molecule has 2 aromatic rings. The Morgan fingerprint density at radius 3 is 2.58 bits per heavy atom. The molecule has 1 aliphatic rings. The number of rotatable bonds is 4. The summed E-state index contributed by atoms with van der Waals surface area (Å²) in [6.45, 7) is 11.1. The number of hydrogen-bond donors (Lipinski definition) is 1. The number of aryl methyl sites for hydroxylation is 1. The fourth-order valence-corrected chi connectivity index (χ4v) is 4.35. The molecule has 0 radical (unpaired) electrons. The second-order valence-electron chi connectivity index (χ2n) is 8.31. The van der Waals surface area contributed by atoms with Crippen molar-refractivity contribution in [2.24, 2.45) is 4.99 Å². The molecule has 0 amide bonds. The molecule has 0 aliphatic heterocycles. The minimum atomic E-state index is -0.949. The second kappa shape index (κ2) is 6.39. The zero-order valence-electron chi connectivity index (χ0n) is 16.3. The van der Waals surface area contributed by atoms with E-state index < -0.39 is 5.97 Å². The van der Waals surface area contributed by atoms with Crippen molar-refractivity contribution >= 4 is 17.9 Å². The van der Waals surface area contributed by atoms with Crippen LogP contribution < -0.4 is 0 Å². The van der Waals surface area contributed by atoms with Crippen molar-refractivity contribution in [3.05, 3.63) is 64.2 Å². The Morgan fingerprint density at radius 1 is 1.19 bits per heavy atom. The van der Waals surface area contributed by atoms with Gasteiger partial charge in [-0.25, -0.2) is 4.79 Å². The number of benzene rings is 2. The molecule has 3 heteroatoms. The third-order valence-electron chi connectivity index (χ3n) is 5.85. The lowest BCUT2D eigenvalue weighted by molar-refractivity contribution is 0.0697. The molecule has 1 unspecified atom stereocenters. The molecule has 0 spiro atoms. The van der Waals surface area contributed by atoms with E-state index >= 15 is 0 Å². The van der Waals surface area contributed by atoms with Crippen LogP contribution in [0.4, 0.5) is 5.69 Å². The van der Waals surface area contributed by atoms with Gasteiger partial charge in [0.2, 0.25) is 0 Å². The maximum Gasteiger partial charge on any atom is 0.337 e. The minimum Gasteiger partial charge on any atom is -0.478 e. The predicted molar refractivity (Wildman–Crippen MR) is 107 cm³/mol. The first-order valence-corrected chi connectivity index (χ1v) is 9.20. The summed E-state index contributed by atoms with van der Waals surface area (Å²) < 4.78 is 0. The molecule has 0 fully saturated rings. The number of aromatic carboxylic acids is 1. The van der Waals surface area contributed by atoms with E-state index in [1.165, 1.54) is 11.1 Å². The van der Waals surface area contributed by atoms with Crippen molar-refractivity contribution in [2.75, 3.05) is 0 Å². The molecule has 0 bridgehead atoms. The highest BCUT2D eigenvalue weighted by Crippen LogP contribution is 2.51. The minimum absolute atomic E-state index is 0.178. The maximum absolute atomic E-state index is 11.5. The molecule has 136 valence electrons. The first kappa shape index (κ1) is 18.4. The van der Waals surface area contributed by atoms with Crippen molar-refractivity contribution in [1.29, 1.82) is 0 Å². The highest BCUT2D eigenvalue weighted by atomic mass is 16.4. The molecule has 0 heterocycles. The van der Waals surface area contributed by atoms with Gasteiger partial charge < -0.3 is 5.11 Å². The largest absolute Gasteiger partial charge is 0.478 e. The number of carbonyl (C=O) groups is 1. The molecule has 2 aromatic carbocycles.